The molecular formula is C19H21NOS. The van der Waals surface area contributed by atoms with Crippen LogP contribution in [-0.4, -0.2) is 23.1 Å². The standard InChI is InChI=1S/C19H21NOS/c1-15-9-11-17(12-10-15)22-14-19(21)20-13-5-8-18(20)16-6-3-2-4-7-16/h2-4,6-7,9-12,18H,5,8,13-14H2,1H3. The van der Waals surface area contributed by atoms with Crippen LogP contribution in [0.1, 0.15) is 30.0 Å². The first kappa shape index (κ1) is 15.2. The first-order valence-electron chi connectivity index (χ1n) is 7.78. The lowest BCUT2D eigenvalue weighted by atomic mass is 10.0. The van der Waals surface area contributed by atoms with Crippen molar-refractivity contribution in [1.29, 1.82) is 0 Å². The molecule has 2 nitrogen and oxygen atoms in total. The van der Waals surface area contributed by atoms with Crippen molar-refractivity contribution < 1.29 is 4.79 Å². The molecule has 0 N–H and O–H groups in total. The van der Waals surface area contributed by atoms with E-state index in [-0.39, 0.29) is 11.9 Å². The van der Waals surface area contributed by atoms with Crippen molar-refractivity contribution in [2.75, 3.05) is 12.3 Å². The number of thioether (sulfide) groups is 1. The fourth-order valence-electron chi connectivity index (χ4n) is 2.95. The molecule has 1 amide bonds. The highest BCUT2D eigenvalue weighted by Gasteiger charge is 2.29. The van der Waals surface area contributed by atoms with E-state index in [1.165, 1.54) is 11.1 Å². The maximum Gasteiger partial charge on any atom is 0.233 e. The van der Waals surface area contributed by atoms with Gasteiger partial charge in [0.05, 0.1) is 11.8 Å². The Morgan fingerprint density at radius 2 is 1.86 bits per heavy atom. The number of hydrogen-bond donors (Lipinski definition) is 0. The van der Waals surface area contributed by atoms with Crippen LogP contribution in [0.5, 0.6) is 0 Å². The minimum absolute atomic E-state index is 0.247. The van der Waals surface area contributed by atoms with Gasteiger partial charge in [0.2, 0.25) is 5.91 Å². The van der Waals surface area contributed by atoms with Gasteiger partial charge in [-0.3, -0.25) is 4.79 Å². The third-order valence-electron chi connectivity index (χ3n) is 4.14. The molecule has 0 spiro atoms. The van der Waals surface area contributed by atoms with Gasteiger partial charge in [-0.1, -0.05) is 48.0 Å². The second kappa shape index (κ2) is 7.01. The monoisotopic (exact) mass is 311 g/mol. The highest BCUT2D eigenvalue weighted by Crippen LogP contribution is 2.32. The zero-order valence-corrected chi connectivity index (χ0v) is 13.7. The van der Waals surface area contributed by atoms with Crippen molar-refractivity contribution >= 4 is 17.7 Å². The van der Waals surface area contributed by atoms with Gasteiger partial charge in [-0.2, -0.15) is 0 Å². The molecule has 2 aromatic carbocycles. The van der Waals surface area contributed by atoms with Gasteiger partial charge in [0.1, 0.15) is 0 Å². The minimum Gasteiger partial charge on any atom is -0.335 e. The largest absolute Gasteiger partial charge is 0.335 e. The Morgan fingerprint density at radius 1 is 1.14 bits per heavy atom. The van der Waals surface area contributed by atoms with Crippen LogP contribution in [-0.2, 0) is 4.79 Å². The molecule has 0 aliphatic carbocycles. The number of nitrogens with zero attached hydrogens (tertiary/aromatic N) is 1. The zero-order valence-electron chi connectivity index (χ0n) is 12.9. The maximum absolute atomic E-state index is 12.6. The molecule has 3 rings (SSSR count). The first-order valence-corrected chi connectivity index (χ1v) is 8.76. The predicted molar refractivity (Wildman–Crippen MR) is 92.0 cm³/mol. The van der Waals surface area contributed by atoms with Crippen molar-refractivity contribution in [3.8, 4) is 0 Å². The molecule has 0 bridgehead atoms. The summed E-state index contributed by atoms with van der Waals surface area (Å²) >= 11 is 1.63. The van der Waals surface area contributed by atoms with Crippen LogP contribution < -0.4 is 0 Å². The second-order valence-corrected chi connectivity index (χ2v) is 6.81. The third-order valence-corrected chi connectivity index (χ3v) is 5.14. The van der Waals surface area contributed by atoms with Crippen LogP contribution in [0.2, 0.25) is 0 Å². The van der Waals surface area contributed by atoms with Crippen molar-refractivity contribution in [2.45, 2.75) is 30.7 Å². The molecule has 2 aromatic rings. The Kier molecular flexibility index (Phi) is 4.84. The third kappa shape index (κ3) is 3.53. The van der Waals surface area contributed by atoms with Gasteiger partial charge in [0, 0.05) is 11.4 Å². The minimum atomic E-state index is 0.247. The van der Waals surface area contributed by atoms with E-state index in [0.717, 1.165) is 24.3 Å². The van der Waals surface area contributed by atoms with Gasteiger partial charge >= 0.3 is 0 Å². The summed E-state index contributed by atoms with van der Waals surface area (Å²) < 4.78 is 0. The zero-order chi connectivity index (χ0) is 15.4. The molecule has 0 radical (unpaired) electrons. The van der Waals surface area contributed by atoms with E-state index in [1.807, 2.05) is 6.07 Å². The summed E-state index contributed by atoms with van der Waals surface area (Å²) in [6, 6.07) is 19.0. The summed E-state index contributed by atoms with van der Waals surface area (Å²) in [5.41, 5.74) is 2.51. The molecule has 0 saturated carbocycles. The Bertz CT molecular complexity index is 624. The summed E-state index contributed by atoms with van der Waals surface area (Å²) in [6.45, 7) is 2.96. The molecule has 1 unspecified atom stereocenters. The predicted octanol–water partition coefficient (Wildman–Crippen LogP) is 4.45. The fraction of sp³-hybridized carbons (Fsp3) is 0.316. The number of benzene rings is 2. The molecule has 1 aliphatic heterocycles. The van der Waals surface area contributed by atoms with E-state index in [4.69, 9.17) is 0 Å². The number of hydrogen-bond acceptors (Lipinski definition) is 2. The second-order valence-electron chi connectivity index (χ2n) is 5.76. The van der Waals surface area contributed by atoms with Crippen molar-refractivity contribution in [3.63, 3.8) is 0 Å². The van der Waals surface area contributed by atoms with Crippen molar-refractivity contribution in [2.24, 2.45) is 0 Å². The summed E-state index contributed by atoms with van der Waals surface area (Å²) in [5.74, 6) is 0.767. The Hall–Kier alpha value is -1.74. The molecule has 1 heterocycles. The quantitative estimate of drug-likeness (QED) is 0.777. The number of rotatable bonds is 4. The van der Waals surface area contributed by atoms with Gasteiger partial charge in [-0.25, -0.2) is 0 Å². The Balaban J connectivity index is 1.62. The molecule has 0 aromatic heterocycles. The summed E-state index contributed by atoms with van der Waals surface area (Å²) in [7, 11) is 0. The summed E-state index contributed by atoms with van der Waals surface area (Å²) in [6.07, 6.45) is 2.17. The van der Waals surface area contributed by atoms with E-state index in [1.54, 1.807) is 11.8 Å². The van der Waals surface area contributed by atoms with Crippen LogP contribution in [0.25, 0.3) is 0 Å². The van der Waals surface area contributed by atoms with E-state index >= 15 is 0 Å². The molecule has 22 heavy (non-hydrogen) atoms. The summed E-state index contributed by atoms with van der Waals surface area (Å²) in [5, 5.41) is 0. The number of likely N-dealkylation sites (tertiary alicyclic amines) is 1. The van der Waals surface area contributed by atoms with E-state index in [9.17, 15) is 4.79 Å². The van der Waals surface area contributed by atoms with Crippen LogP contribution >= 0.6 is 11.8 Å². The molecule has 3 heteroatoms. The van der Waals surface area contributed by atoms with E-state index in [2.05, 4.69) is 60.4 Å². The van der Waals surface area contributed by atoms with Gasteiger partial charge in [-0.15, -0.1) is 11.8 Å². The molecule has 1 fully saturated rings. The lowest BCUT2D eigenvalue weighted by molar-refractivity contribution is -0.129. The van der Waals surface area contributed by atoms with Crippen LogP contribution in [0.4, 0.5) is 0 Å². The van der Waals surface area contributed by atoms with E-state index in [0.29, 0.717) is 5.75 Å². The smallest absolute Gasteiger partial charge is 0.233 e. The fourth-order valence-corrected chi connectivity index (χ4v) is 3.73. The highest BCUT2D eigenvalue weighted by molar-refractivity contribution is 8.00. The lowest BCUT2D eigenvalue weighted by Crippen LogP contribution is -2.31. The number of carbonyl (C=O) groups excluding carboxylic acids is 1. The van der Waals surface area contributed by atoms with Gasteiger partial charge in [0.25, 0.3) is 0 Å². The van der Waals surface area contributed by atoms with E-state index < -0.39 is 0 Å². The molecule has 114 valence electrons. The highest BCUT2D eigenvalue weighted by atomic mass is 32.2. The van der Waals surface area contributed by atoms with Gasteiger partial charge in [-0.05, 0) is 37.5 Å². The molecular weight excluding hydrogens is 290 g/mol. The summed E-state index contributed by atoms with van der Waals surface area (Å²) in [4.78, 5) is 15.8. The lowest BCUT2D eigenvalue weighted by Gasteiger charge is -2.25. The Labute approximate surface area is 136 Å². The first-order chi connectivity index (χ1) is 10.7. The topological polar surface area (TPSA) is 20.3 Å². The van der Waals surface area contributed by atoms with Crippen molar-refractivity contribution in [1.82, 2.24) is 4.90 Å². The van der Waals surface area contributed by atoms with Gasteiger partial charge in [0.15, 0.2) is 0 Å². The van der Waals surface area contributed by atoms with Crippen LogP contribution in [0.15, 0.2) is 59.5 Å². The number of amides is 1. The van der Waals surface area contributed by atoms with Crippen LogP contribution in [0.3, 0.4) is 0 Å². The number of aryl methyl sites for hydroxylation is 1. The SMILES string of the molecule is Cc1ccc(SCC(=O)N2CCCC2c2ccccc2)cc1. The molecule has 1 saturated heterocycles. The normalized spacial score (nSPS) is 17.7. The Morgan fingerprint density at radius 3 is 2.59 bits per heavy atom. The van der Waals surface area contributed by atoms with Crippen molar-refractivity contribution in [3.05, 3.63) is 65.7 Å². The van der Waals surface area contributed by atoms with Crippen LogP contribution in [0, 0.1) is 6.92 Å². The number of carbonyl (C=O) groups is 1. The maximum atomic E-state index is 12.6. The average Bonchev–Trinajstić information content (AvgIpc) is 3.04. The average molecular weight is 311 g/mol. The van der Waals surface area contributed by atoms with Gasteiger partial charge < -0.3 is 4.90 Å². The molecule has 1 aliphatic rings. The molecule has 1 atom stereocenters.